The summed E-state index contributed by atoms with van der Waals surface area (Å²) in [5.74, 6) is 0. The molecule has 2 aromatic heterocycles. The minimum absolute atomic E-state index is 0.0951. The summed E-state index contributed by atoms with van der Waals surface area (Å²) < 4.78 is 3.81. The summed E-state index contributed by atoms with van der Waals surface area (Å²) in [7, 11) is 0. The van der Waals surface area contributed by atoms with E-state index in [0.717, 1.165) is 21.4 Å². The van der Waals surface area contributed by atoms with Crippen molar-refractivity contribution in [3.8, 4) is 9.88 Å². The number of aromatic nitrogens is 4. The monoisotopic (exact) mass is 255 g/mol. The Morgan fingerprint density at radius 3 is 2.75 bits per heavy atom. The number of hydrogen-bond acceptors (Lipinski definition) is 7. The minimum Gasteiger partial charge on any atom is -0.306 e. The summed E-state index contributed by atoms with van der Waals surface area (Å²) >= 11 is 2.92. The molecule has 0 bridgehead atoms. The molecule has 2 heterocycles. The van der Waals surface area contributed by atoms with Crippen LogP contribution in [0.3, 0.4) is 0 Å². The Kier molecular flexibility index (Phi) is 3.27. The fourth-order valence-electron chi connectivity index (χ4n) is 1.03. The normalized spacial score (nSPS) is 11.9. The van der Waals surface area contributed by atoms with E-state index in [4.69, 9.17) is 0 Å². The SMILES string of the molecule is CC(C)(C)NCc1nnc(-c2cnns2)s1. The van der Waals surface area contributed by atoms with Crippen molar-refractivity contribution in [2.75, 3.05) is 0 Å². The molecule has 5 nitrogen and oxygen atoms in total. The largest absolute Gasteiger partial charge is 0.306 e. The summed E-state index contributed by atoms with van der Waals surface area (Å²) in [6, 6.07) is 0. The van der Waals surface area contributed by atoms with Crippen molar-refractivity contribution in [3.63, 3.8) is 0 Å². The Hall–Kier alpha value is -0.920. The lowest BCUT2D eigenvalue weighted by Gasteiger charge is -2.19. The first-order valence-electron chi connectivity index (χ1n) is 4.90. The van der Waals surface area contributed by atoms with Crippen molar-refractivity contribution >= 4 is 22.9 Å². The van der Waals surface area contributed by atoms with E-state index in [1.807, 2.05) is 0 Å². The summed E-state index contributed by atoms with van der Waals surface area (Å²) in [5.41, 5.74) is 0.0951. The highest BCUT2D eigenvalue weighted by atomic mass is 32.1. The van der Waals surface area contributed by atoms with Crippen LogP contribution >= 0.6 is 22.9 Å². The molecule has 0 saturated carbocycles. The van der Waals surface area contributed by atoms with Crippen LogP contribution in [0.25, 0.3) is 9.88 Å². The Labute approximate surface area is 102 Å². The number of rotatable bonds is 3. The second kappa shape index (κ2) is 4.52. The van der Waals surface area contributed by atoms with Crippen molar-refractivity contribution < 1.29 is 0 Å². The van der Waals surface area contributed by atoms with Gasteiger partial charge in [-0.25, -0.2) is 0 Å². The smallest absolute Gasteiger partial charge is 0.161 e. The second-order valence-corrected chi connectivity index (χ2v) is 6.23. The summed E-state index contributed by atoms with van der Waals surface area (Å²) in [6.07, 6.45) is 1.71. The third kappa shape index (κ3) is 3.03. The first kappa shape index (κ1) is 11.6. The van der Waals surface area contributed by atoms with Gasteiger partial charge in [0.1, 0.15) is 9.88 Å². The van der Waals surface area contributed by atoms with Gasteiger partial charge in [-0.1, -0.05) is 15.8 Å². The molecule has 0 spiro atoms. The molecule has 0 fully saturated rings. The zero-order chi connectivity index (χ0) is 11.6. The predicted octanol–water partition coefficient (Wildman–Crippen LogP) is 1.94. The lowest BCUT2D eigenvalue weighted by Crippen LogP contribution is -2.35. The third-order valence-electron chi connectivity index (χ3n) is 1.81. The zero-order valence-electron chi connectivity index (χ0n) is 9.39. The van der Waals surface area contributed by atoms with Gasteiger partial charge in [-0.15, -0.1) is 15.3 Å². The summed E-state index contributed by atoms with van der Waals surface area (Å²) in [4.78, 5) is 0.972. The van der Waals surface area contributed by atoms with Crippen molar-refractivity contribution in [1.29, 1.82) is 0 Å². The van der Waals surface area contributed by atoms with Gasteiger partial charge in [0.05, 0.1) is 12.7 Å². The molecule has 0 atom stereocenters. The molecule has 0 amide bonds. The third-order valence-corrected chi connectivity index (χ3v) is 3.57. The van der Waals surface area contributed by atoms with Crippen LogP contribution in [0.4, 0.5) is 0 Å². The van der Waals surface area contributed by atoms with Crippen molar-refractivity contribution in [2.24, 2.45) is 0 Å². The van der Waals surface area contributed by atoms with E-state index in [9.17, 15) is 0 Å². The Bertz CT molecular complexity index is 443. The van der Waals surface area contributed by atoms with E-state index in [1.54, 1.807) is 17.5 Å². The molecule has 0 unspecified atom stereocenters. The fourth-order valence-corrected chi connectivity index (χ4v) is 2.34. The molecule has 0 saturated heterocycles. The molecule has 0 aliphatic heterocycles. The molecule has 0 radical (unpaired) electrons. The number of nitrogens with one attached hydrogen (secondary N) is 1. The maximum Gasteiger partial charge on any atom is 0.161 e. The zero-order valence-corrected chi connectivity index (χ0v) is 11.0. The fraction of sp³-hybridized carbons (Fsp3) is 0.556. The Morgan fingerprint density at radius 1 is 1.31 bits per heavy atom. The average Bonchev–Trinajstić information content (AvgIpc) is 2.84. The predicted molar refractivity (Wildman–Crippen MR) is 65.4 cm³/mol. The van der Waals surface area contributed by atoms with Gasteiger partial charge in [-0.3, -0.25) is 0 Å². The van der Waals surface area contributed by atoms with Gasteiger partial charge in [-0.05, 0) is 32.3 Å². The van der Waals surface area contributed by atoms with Crippen LogP contribution in [-0.4, -0.2) is 25.3 Å². The van der Waals surface area contributed by atoms with Crippen LogP contribution in [0, 0.1) is 0 Å². The van der Waals surface area contributed by atoms with Gasteiger partial charge in [0.2, 0.25) is 0 Å². The van der Waals surface area contributed by atoms with E-state index in [-0.39, 0.29) is 5.54 Å². The van der Waals surface area contributed by atoms with Crippen molar-refractivity contribution in [1.82, 2.24) is 25.1 Å². The maximum atomic E-state index is 4.13. The molecule has 2 aromatic rings. The van der Waals surface area contributed by atoms with E-state index in [0.29, 0.717) is 0 Å². The maximum absolute atomic E-state index is 4.13. The van der Waals surface area contributed by atoms with E-state index >= 15 is 0 Å². The molecule has 0 aliphatic carbocycles. The lowest BCUT2D eigenvalue weighted by molar-refractivity contribution is 0.423. The highest BCUT2D eigenvalue weighted by Crippen LogP contribution is 2.25. The van der Waals surface area contributed by atoms with E-state index in [2.05, 4.69) is 45.9 Å². The first-order chi connectivity index (χ1) is 7.54. The number of nitrogens with zero attached hydrogens (tertiary/aromatic N) is 4. The van der Waals surface area contributed by atoms with Crippen LogP contribution in [0.2, 0.25) is 0 Å². The molecule has 7 heteroatoms. The van der Waals surface area contributed by atoms with Gasteiger partial charge in [0.25, 0.3) is 0 Å². The molecule has 0 aliphatic rings. The Balaban J connectivity index is 2.03. The molecule has 16 heavy (non-hydrogen) atoms. The molecule has 86 valence electrons. The van der Waals surface area contributed by atoms with E-state index in [1.165, 1.54) is 11.5 Å². The van der Waals surface area contributed by atoms with Crippen LogP contribution < -0.4 is 5.32 Å². The van der Waals surface area contributed by atoms with Crippen molar-refractivity contribution in [2.45, 2.75) is 32.9 Å². The van der Waals surface area contributed by atoms with Gasteiger partial charge >= 0.3 is 0 Å². The molecule has 1 N–H and O–H groups in total. The standard InChI is InChI=1S/C9H13N5S2/c1-9(2,3)10-5-7-12-13-8(15-7)6-4-11-14-16-6/h4,10H,5H2,1-3H3. The van der Waals surface area contributed by atoms with E-state index < -0.39 is 0 Å². The van der Waals surface area contributed by atoms with Crippen LogP contribution in [0.15, 0.2) is 6.20 Å². The average molecular weight is 255 g/mol. The number of hydrogen-bond donors (Lipinski definition) is 1. The quantitative estimate of drug-likeness (QED) is 0.908. The molecule has 0 aromatic carbocycles. The van der Waals surface area contributed by atoms with Crippen LogP contribution in [-0.2, 0) is 6.54 Å². The van der Waals surface area contributed by atoms with Gasteiger partial charge in [0, 0.05) is 5.54 Å². The highest BCUT2D eigenvalue weighted by molar-refractivity contribution is 7.19. The summed E-state index contributed by atoms with van der Waals surface area (Å²) in [5, 5.41) is 17.3. The van der Waals surface area contributed by atoms with Gasteiger partial charge in [-0.2, -0.15) is 0 Å². The second-order valence-electron chi connectivity index (χ2n) is 4.39. The summed E-state index contributed by atoms with van der Waals surface area (Å²) in [6.45, 7) is 7.12. The van der Waals surface area contributed by atoms with Gasteiger partial charge < -0.3 is 5.32 Å². The highest BCUT2D eigenvalue weighted by Gasteiger charge is 2.12. The minimum atomic E-state index is 0.0951. The molecular formula is C9H13N5S2. The molecular weight excluding hydrogens is 242 g/mol. The van der Waals surface area contributed by atoms with Crippen molar-refractivity contribution in [3.05, 3.63) is 11.2 Å². The topological polar surface area (TPSA) is 63.6 Å². The Morgan fingerprint density at radius 2 is 2.12 bits per heavy atom. The van der Waals surface area contributed by atoms with Gasteiger partial charge in [0.15, 0.2) is 5.01 Å². The van der Waals surface area contributed by atoms with Crippen LogP contribution in [0.1, 0.15) is 25.8 Å². The van der Waals surface area contributed by atoms with Crippen LogP contribution in [0.5, 0.6) is 0 Å². The molecule has 2 rings (SSSR count). The first-order valence-corrected chi connectivity index (χ1v) is 6.49. The lowest BCUT2D eigenvalue weighted by atomic mass is 10.1.